The molecule has 0 bridgehead atoms. The first-order valence-electron chi connectivity index (χ1n) is 12.0. The molecule has 2 aromatic carbocycles. The van der Waals surface area contributed by atoms with Crippen LogP contribution in [0.1, 0.15) is 71.2 Å². The van der Waals surface area contributed by atoms with E-state index in [1.807, 2.05) is 81.9 Å². The summed E-state index contributed by atoms with van der Waals surface area (Å²) in [6.07, 6.45) is 6.00. The van der Waals surface area contributed by atoms with Crippen molar-refractivity contribution in [3.63, 3.8) is 0 Å². The lowest BCUT2D eigenvalue weighted by molar-refractivity contribution is -0.0390. The highest BCUT2D eigenvalue weighted by Gasteiger charge is 2.26. The zero-order valence-electron chi connectivity index (χ0n) is 21.0. The first kappa shape index (κ1) is 24.7. The summed E-state index contributed by atoms with van der Waals surface area (Å²) in [5.74, 6) is 0. The molecule has 2 N–H and O–H groups in total. The summed E-state index contributed by atoms with van der Waals surface area (Å²) in [5.41, 5.74) is 3.23. The van der Waals surface area contributed by atoms with Crippen molar-refractivity contribution in [2.24, 2.45) is 5.16 Å². The van der Waals surface area contributed by atoms with Crippen LogP contribution in [0.2, 0.25) is 0 Å². The van der Waals surface area contributed by atoms with Gasteiger partial charge in [0, 0.05) is 23.8 Å². The number of nitrogens with one attached hydrogen (secondary N) is 1. The van der Waals surface area contributed by atoms with E-state index in [4.69, 9.17) is 14.6 Å². The van der Waals surface area contributed by atoms with Crippen LogP contribution in [-0.2, 0) is 15.0 Å². The van der Waals surface area contributed by atoms with Gasteiger partial charge >= 0.3 is 6.09 Å². The van der Waals surface area contributed by atoms with E-state index in [9.17, 15) is 10.0 Å². The Kier molecular flexibility index (Phi) is 6.85. The van der Waals surface area contributed by atoms with Gasteiger partial charge in [-0.2, -0.15) is 5.10 Å². The highest BCUT2D eigenvalue weighted by atomic mass is 16.6. The Morgan fingerprint density at radius 3 is 2.54 bits per heavy atom. The number of nitrogens with zero attached hydrogens (tertiary/aromatic N) is 3. The van der Waals surface area contributed by atoms with Crippen molar-refractivity contribution in [1.82, 2.24) is 15.1 Å². The summed E-state index contributed by atoms with van der Waals surface area (Å²) in [5, 5.41) is 21.3. The van der Waals surface area contributed by atoms with E-state index < -0.39 is 17.2 Å². The maximum atomic E-state index is 12.3. The first-order chi connectivity index (χ1) is 16.6. The number of ether oxygens (including phenoxy) is 2. The Morgan fingerprint density at radius 2 is 1.91 bits per heavy atom. The molecule has 1 atom stereocenters. The fourth-order valence-electron chi connectivity index (χ4n) is 4.36. The predicted octanol–water partition coefficient (Wildman–Crippen LogP) is 5.97. The second kappa shape index (κ2) is 9.70. The number of amides is 1. The third-order valence-electron chi connectivity index (χ3n) is 6.12. The van der Waals surface area contributed by atoms with Gasteiger partial charge in [-0.1, -0.05) is 35.5 Å². The van der Waals surface area contributed by atoms with Crippen LogP contribution in [0.15, 0.2) is 47.8 Å². The lowest BCUT2D eigenvalue weighted by Gasteiger charge is -2.29. The number of carbonyl (C=O) groups is 1. The van der Waals surface area contributed by atoms with Crippen molar-refractivity contribution in [2.45, 2.75) is 71.2 Å². The number of hydrogen-bond acceptors (Lipinski definition) is 6. The van der Waals surface area contributed by atoms with Crippen LogP contribution < -0.4 is 5.32 Å². The molecule has 3 aromatic rings. The van der Waals surface area contributed by atoms with E-state index in [1.54, 1.807) is 0 Å². The molecule has 1 unspecified atom stereocenters. The van der Waals surface area contributed by atoms with E-state index in [-0.39, 0.29) is 6.23 Å². The monoisotopic (exact) mass is 478 g/mol. The highest BCUT2D eigenvalue weighted by Crippen LogP contribution is 2.32. The average Bonchev–Trinajstić information content (AvgIpc) is 3.23. The lowest BCUT2D eigenvalue weighted by atomic mass is 9.91. The lowest BCUT2D eigenvalue weighted by Crippen LogP contribution is -2.43. The number of benzene rings is 2. The number of aromatic nitrogens is 2. The number of rotatable bonds is 5. The summed E-state index contributed by atoms with van der Waals surface area (Å²) in [6.45, 7) is 10.1. The minimum atomic E-state index is -0.624. The topological polar surface area (TPSA) is 98.0 Å². The number of alkyl carbamates (subject to hydrolysis) is 1. The molecular weight excluding hydrogens is 444 g/mol. The first-order valence-corrected chi connectivity index (χ1v) is 12.0. The summed E-state index contributed by atoms with van der Waals surface area (Å²) in [4.78, 5) is 12.3. The van der Waals surface area contributed by atoms with Gasteiger partial charge in [-0.05, 0) is 76.6 Å². The van der Waals surface area contributed by atoms with Gasteiger partial charge in [0.25, 0.3) is 0 Å². The van der Waals surface area contributed by atoms with Crippen LogP contribution in [0.4, 0.5) is 4.79 Å². The molecule has 35 heavy (non-hydrogen) atoms. The van der Waals surface area contributed by atoms with E-state index in [0.717, 1.165) is 59.0 Å². The standard InChI is InChI=1S/C27H34N4O4/c1-26(2,3)35-25(32)29-27(4,5)19-11-9-18(10-12-19)20-13-14-23-22(21(20)16-28-33)17-31(30-23)24-8-6-7-15-34-24/h9-14,16-17,24,33H,6-8,15H2,1-5H3,(H,29,32). The SMILES string of the molecule is CC(C)(C)OC(=O)NC(C)(C)c1ccc(-c2ccc3nn(C4CCCCO4)cc3c2C=NO)cc1. The van der Waals surface area contributed by atoms with Gasteiger partial charge in [0.05, 0.1) is 17.3 Å². The summed E-state index contributed by atoms with van der Waals surface area (Å²) in [7, 11) is 0. The van der Waals surface area contributed by atoms with Gasteiger partial charge in [-0.3, -0.25) is 0 Å². The fraction of sp³-hybridized carbons (Fsp3) is 0.444. The van der Waals surface area contributed by atoms with Gasteiger partial charge in [-0.15, -0.1) is 0 Å². The van der Waals surface area contributed by atoms with Crippen molar-refractivity contribution < 1.29 is 19.5 Å². The third-order valence-corrected chi connectivity index (χ3v) is 6.12. The molecule has 0 spiro atoms. The molecule has 1 aliphatic rings. The molecule has 1 aliphatic heterocycles. The molecule has 8 nitrogen and oxygen atoms in total. The van der Waals surface area contributed by atoms with Crippen molar-refractivity contribution in [3.8, 4) is 11.1 Å². The van der Waals surface area contributed by atoms with Crippen LogP contribution in [0, 0.1) is 0 Å². The molecule has 8 heteroatoms. The molecule has 1 amide bonds. The second-order valence-corrected chi connectivity index (χ2v) is 10.5. The Bertz CT molecular complexity index is 1220. The zero-order chi connectivity index (χ0) is 25.2. The van der Waals surface area contributed by atoms with Gasteiger partial charge in [0.1, 0.15) is 11.8 Å². The molecule has 0 saturated carbocycles. The molecule has 0 radical (unpaired) electrons. The van der Waals surface area contributed by atoms with Crippen LogP contribution in [0.5, 0.6) is 0 Å². The summed E-state index contributed by atoms with van der Waals surface area (Å²) >= 11 is 0. The van der Waals surface area contributed by atoms with Gasteiger partial charge < -0.3 is 20.0 Å². The van der Waals surface area contributed by atoms with Crippen LogP contribution in [0.25, 0.3) is 22.0 Å². The van der Waals surface area contributed by atoms with E-state index in [0.29, 0.717) is 0 Å². The Morgan fingerprint density at radius 1 is 1.17 bits per heavy atom. The average molecular weight is 479 g/mol. The second-order valence-electron chi connectivity index (χ2n) is 10.5. The Hall–Kier alpha value is -3.39. The number of fused-ring (bicyclic) bond motifs is 1. The number of hydrogen-bond donors (Lipinski definition) is 2. The largest absolute Gasteiger partial charge is 0.444 e. The molecule has 1 saturated heterocycles. The van der Waals surface area contributed by atoms with Gasteiger partial charge in [-0.25, -0.2) is 9.48 Å². The molecule has 4 rings (SSSR count). The minimum absolute atomic E-state index is 0.0718. The molecular formula is C27H34N4O4. The predicted molar refractivity (Wildman–Crippen MR) is 136 cm³/mol. The quantitative estimate of drug-likeness (QED) is 0.267. The van der Waals surface area contributed by atoms with Crippen LogP contribution in [-0.4, -0.2) is 39.5 Å². The van der Waals surface area contributed by atoms with Gasteiger partial charge in [0.2, 0.25) is 0 Å². The highest BCUT2D eigenvalue weighted by molar-refractivity contribution is 6.04. The molecule has 0 aliphatic carbocycles. The van der Waals surface area contributed by atoms with E-state index in [1.165, 1.54) is 6.21 Å². The van der Waals surface area contributed by atoms with Crippen molar-refractivity contribution in [1.29, 1.82) is 0 Å². The zero-order valence-corrected chi connectivity index (χ0v) is 21.0. The van der Waals surface area contributed by atoms with E-state index in [2.05, 4.69) is 10.5 Å². The molecule has 1 fully saturated rings. The summed E-state index contributed by atoms with van der Waals surface area (Å²) in [6, 6.07) is 11.9. The Labute approximate surface area is 205 Å². The smallest absolute Gasteiger partial charge is 0.408 e. The molecule has 186 valence electrons. The Balaban J connectivity index is 1.63. The number of oxime groups is 1. The molecule has 1 aromatic heterocycles. The van der Waals surface area contributed by atoms with E-state index >= 15 is 0 Å². The minimum Gasteiger partial charge on any atom is -0.444 e. The normalized spacial score (nSPS) is 17.1. The van der Waals surface area contributed by atoms with Crippen molar-refractivity contribution >= 4 is 23.2 Å². The third kappa shape index (κ3) is 5.65. The van der Waals surface area contributed by atoms with Crippen molar-refractivity contribution in [2.75, 3.05) is 6.61 Å². The summed E-state index contributed by atoms with van der Waals surface area (Å²) < 4.78 is 13.2. The maximum Gasteiger partial charge on any atom is 0.408 e. The van der Waals surface area contributed by atoms with Crippen LogP contribution >= 0.6 is 0 Å². The maximum absolute atomic E-state index is 12.3. The fourth-order valence-corrected chi connectivity index (χ4v) is 4.36. The van der Waals surface area contributed by atoms with Crippen molar-refractivity contribution in [3.05, 3.63) is 53.7 Å². The van der Waals surface area contributed by atoms with Gasteiger partial charge in [0.15, 0.2) is 0 Å². The van der Waals surface area contributed by atoms with Crippen LogP contribution in [0.3, 0.4) is 0 Å². The molecule has 2 heterocycles. The number of carbonyl (C=O) groups excluding carboxylic acids is 1.